The molecule has 0 amide bonds. The Morgan fingerprint density at radius 1 is 1.03 bits per heavy atom. The summed E-state index contributed by atoms with van der Waals surface area (Å²) in [5.74, 6) is 1.29. The zero-order valence-corrected chi connectivity index (χ0v) is 17.5. The molecule has 2 aromatic heterocycles. The molecule has 1 aliphatic carbocycles. The molecule has 5 rings (SSSR count). The monoisotopic (exact) mass is 412 g/mol. The Hall–Kier alpha value is -3.39. The molecule has 1 aliphatic heterocycles. The number of hydrogen-bond donors (Lipinski definition) is 0. The topological polar surface area (TPSA) is 44.9 Å². The van der Waals surface area contributed by atoms with Crippen LogP contribution in [-0.4, -0.2) is 22.6 Å². The van der Waals surface area contributed by atoms with Gasteiger partial charge in [0.15, 0.2) is 0 Å². The van der Waals surface area contributed by atoms with E-state index in [4.69, 9.17) is 5.26 Å². The van der Waals surface area contributed by atoms with Crippen molar-refractivity contribution in [2.45, 2.75) is 38.1 Å². The Kier molecular flexibility index (Phi) is 5.30. The summed E-state index contributed by atoms with van der Waals surface area (Å²) < 4.78 is 15.6. The van der Waals surface area contributed by atoms with E-state index in [2.05, 4.69) is 38.9 Å². The molecule has 156 valence electrons. The minimum Gasteiger partial charge on any atom is -0.357 e. The fourth-order valence-corrected chi connectivity index (χ4v) is 4.81. The van der Waals surface area contributed by atoms with Gasteiger partial charge in [0.05, 0.1) is 5.56 Å². The van der Waals surface area contributed by atoms with Gasteiger partial charge >= 0.3 is 0 Å². The largest absolute Gasteiger partial charge is 0.357 e. The van der Waals surface area contributed by atoms with Gasteiger partial charge in [0, 0.05) is 37.4 Å². The lowest BCUT2D eigenvalue weighted by atomic mass is 9.89. The third-order valence-corrected chi connectivity index (χ3v) is 6.45. The van der Waals surface area contributed by atoms with Gasteiger partial charge < -0.3 is 9.47 Å². The van der Waals surface area contributed by atoms with Crippen LogP contribution in [0.25, 0.3) is 12.2 Å². The standard InChI is InChI=1S/C26H25FN4/c27-22-8-5-19(6-9-22)17-31-18-24(23-3-1-2-4-25(23)31)21-11-13-30(14-12-21)26-10-7-20(15-28)16-29-26/h3-10,16,18,21H,1-2,11-14,17H2. The van der Waals surface area contributed by atoms with Crippen molar-refractivity contribution in [3.63, 3.8) is 0 Å². The van der Waals surface area contributed by atoms with Gasteiger partial charge in [-0.05, 0) is 72.2 Å². The van der Waals surface area contributed by atoms with Crippen molar-refractivity contribution >= 4 is 18.0 Å². The van der Waals surface area contributed by atoms with Crippen molar-refractivity contribution in [1.82, 2.24) is 9.55 Å². The molecule has 0 atom stereocenters. The highest BCUT2D eigenvalue weighted by atomic mass is 19.1. The van der Waals surface area contributed by atoms with Crippen molar-refractivity contribution in [2.75, 3.05) is 18.0 Å². The molecule has 4 nitrogen and oxygen atoms in total. The molecule has 0 spiro atoms. The average Bonchev–Trinajstić information content (AvgIpc) is 3.19. The summed E-state index contributed by atoms with van der Waals surface area (Å²) in [5.41, 5.74) is 3.16. The van der Waals surface area contributed by atoms with Gasteiger partial charge in [0.25, 0.3) is 0 Å². The molecule has 0 bridgehead atoms. The molecular weight excluding hydrogens is 387 g/mol. The minimum absolute atomic E-state index is 0.192. The molecule has 3 aromatic rings. The fraction of sp³-hybridized carbons (Fsp3) is 0.308. The zero-order valence-electron chi connectivity index (χ0n) is 17.5. The van der Waals surface area contributed by atoms with Crippen molar-refractivity contribution in [3.05, 3.63) is 81.9 Å². The van der Waals surface area contributed by atoms with Gasteiger partial charge in [-0.15, -0.1) is 0 Å². The number of halogens is 1. The molecule has 5 heteroatoms. The average molecular weight is 413 g/mol. The number of anilines is 1. The van der Waals surface area contributed by atoms with Crippen molar-refractivity contribution in [3.8, 4) is 6.07 Å². The Labute approximate surface area is 181 Å². The SMILES string of the molecule is N#Cc1ccc(N2CCC(c3cn(Cc4ccc(F)cc4)c4c3=CCCC=4)CC2)nc1. The summed E-state index contributed by atoms with van der Waals surface area (Å²) >= 11 is 0. The lowest BCUT2D eigenvalue weighted by molar-refractivity contribution is 0.500. The van der Waals surface area contributed by atoms with Crippen LogP contribution in [0.5, 0.6) is 0 Å². The van der Waals surface area contributed by atoms with E-state index in [9.17, 15) is 4.39 Å². The van der Waals surface area contributed by atoms with Gasteiger partial charge in [-0.25, -0.2) is 9.37 Å². The number of hydrogen-bond acceptors (Lipinski definition) is 3. The number of rotatable bonds is 4. The second-order valence-corrected chi connectivity index (χ2v) is 8.40. The summed E-state index contributed by atoms with van der Waals surface area (Å²) in [4.78, 5) is 6.77. The Bertz CT molecular complexity index is 1220. The van der Waals surface area contributed by atoms with Crippen molar-refractivity contribution < 1.29 is 4.39 Å². The summed E-state index contributed by atoms with van der Waals surface area (Å²) in [7, 11) is 0. The molecule has 3 heterocycles. The third kappa shape index (κ3) is 3.98. The number of nitrogens with zero attached hydrogens (tertiary/aromatic N) is 4. The number of fused-ring (bicyclic) bond motifs is 1. The zero-order chi connectivity index (χ0) is 21.2. The van der Waals surface area contributed by atoms with Crippen LogP contribution in [0, 0.1) is 17.1 Å². The number of benzene rings is 1. The lowest BCUT2D eigenvalue weighted by Gasteiger charge is -2.32. The van der Waals surface area contributed by atoms with Crippen LogP contribution in [0.4, 0.5) is 10.2 Å². The van der Waals surface area contributed by atoms with Crippen LogP contribution >= 0.6 is 0 Å². The van der Waals surface area contributed by atoms with Gasteiger partial charge in [-0.1, -0.05) is 24.3 Å². The smallest absolute Gasteiger partial charge is 0.128 e. The van der Waals surface area contributed by atoms with E-state index < -0.39 is 0 Å². The van der Waals surface area contributed by atoms with Gasteiger partial charge in [-0.3, -0.25) is 0 Å². The molecule has 1 saturated heterocycles. The normalized spacial score (nSPS) is 16.2. The van der Waals surface area contributed by atoms with Gasteiger partial charge in [-0.2, -0.15) is 5.26 Å². The van der Waals surface area contributed by atoms with E-state index in [0.717, 1.165) is 56.7 Å². The van der Waals surface area contributed by atoms with Gasteiger partial charge in [0.1, 0.15) is 17.7 Å². The first-order chi connectivity index (χ1) is 15.2. The first-order valence-electron chi connectivity index (χ1n) is 11.0. The Balaban J connectivity index is 1.37. The van der Waals surface area contributed by atoms with E-state index in [-0.39, 0.29) is 5.82 Å². The van der Waals surface area contributed by atoms with Crippen LogP contribution in [0.1, 0.15) is 48.3 Å². The van der Waals surface area contributed by atoms with Crippen LogP contribution in [0.2, 0.25) is 0 Å². The summed E-state index contributed by atoms with van der Waals surface area (Å²) in [6, 6.07) is 12.7. The van der Waals surface area contributed by atoms with Crippen LogP contribution in [-0.2, 0) is 6.54 Å². The van der Waals surface area contributed by atoms with E-state index in [1.165, 1.54) is 28.3 Å². The van der Waals surface area contributed by atoms with E-state index in [1.54, 1.807) is 6.20 Å². The lowest BCUT2D eigenvalue weighted by Crippen LogP contribution is -2.36. The second-order valence-electron chi connectivity index (χ2n) is 8.40. The molecule has 1 fully saturated rings. The van der Waals surface area contributed by atoms with E-state index >= 15 is 0 Å². The molecule has 31 heavy (non-hydrogen) atoms. The second kappa shape index (κ2) is 8.39. The van der Waals surface area contributed by atoms with Crippen LogP contribution in [0.3, 0.4) is 0 Å². The summed E-state index contributed by atoms with van der Waals surface area (Å²) in [6.07, 6.45) is 13.0. The Morgan fingerprint density at radius 3 is 2.52 bits per heavy atom. The number of aromatic nitrogens is 2. The maximum atomic E-state index is 13.3. The highest BCUT2D eigenvalue weighted by Gasteiger charge is 2.24. The fourth-order valence-electron chi connectivity index (χ4n) is 4.81. The third-order valence-electron chi connectivity index (χ3n) is 6.45. The molecule has 2 aliphatic rings. The van der Waals surface area contributed by atoms with E-state index in [1.807, 2.05) is 24.3 Å². The predicted octanol–water partition coefficient (Wildman–Crippen LogP) is 3.68. The Morgan fingerprint density at radius 2 is 1.81 bits per heavy atom. The number of piperidine rings is 1. The molecule has 0 saturated carbocycles. The summed E-state index contributed by atoms with van der Waals surface area (Å²) in [6.45, 7) is 2.69. The maximum Gasteiger partial charge on any atom is 0.128 e. The quantitative estimate of drug-likeness (QED) is 0.657. The summed E-state index contributed by atoms with van der Waals surface area (Å²) in [5, 5.41) is 11.7. The van der Waals surface area contributed by atoms with Crippen molar-refractivity contribution in [2.24, 2.45) is 0 Å². The molecule has 1 aromatic carbocycles. The minimum atomic E-state index is -0.192. The molecule has 0 N–H and O–H groups in total. The first kappa shape index (κ1) is 19.6. The van der Waals surface area contributed by atoms with Crippen LogP contribution < -0.4 is 15.5 Å². The highest BCUT2D eigenvalue weighted by molar-refractivity contribution is 5.44. The van der Waals surface area contributed by atoms with E-state index in [0.29, 0.717) is 11.5 Å². The molecular formula is C26H25FN4. The maximum absolute atomic E-state index is 13.3. The predicted molar refractivity (Wildman–Crippen MR) is 120 cm³/mol. The van der Waals surface area contributed by atoms with Crippen LogP contribution in [0.15, 0.2) is 48.8 Å². The number of pyridine rings is 1. The molecule has 0 radical (unpaired) electrons. The molecule has 0 unspecified atom stereocenters. The number of nitriles is 1. The van der Waals surface area contributed by atoms with Gasteiger partial charge in [0.2, 0.25) is 0 Å². The first-order valence-corrected chi connectivity index (χ1v) is 11.0. The van der Waals surface area contributed by atoms with Crippen molar-refractivity contribution in [1.29, 1.82) is 5.26 Å². The highest BCUT2D eigenvalue weighted by Crippen LogP contribution is 2.28.